The summed E-state index contributed by atoms with van der Waals surface area (Å²) in [6, 6.07) is -0.0147. The third-order valence-electron chi connectivity index (χ3n) is 7.75. The average Bonchev–Trinajstić information content (AvgIpc) is 2.94. The van der Waals surface area contributed by atoms with Gasteiger partial charge in [0.1, 0.15) is 5.66 Å². The largest absolute Gasteiger partial charge is 0.459 e. The van der Waals surface area contributed by atoms with Gasteiger partial charge in [-0.15, -0.1) is 0 Å². The highest BCUT2D eigenvalue weighted by molar-refractivity contribution is 6.28. The van der Waals surface area contributed by atoms with E-state index in [0.717, 1.165) is 38.5 Å². The quantitative estimate of drug-likeness (QED) is 0.136. The van der Waals surface area contributed by atoms with Crippen LogP contribution in [-0.2, 0) is 14.3 Å². The van der Waals surface area contributed by atoms with Gasteiger partial charge >= 0.3 is 5.97 Å². The summed E-state index contributed by atoms with van der Waals surface area (Å²) in [5, 5.41) is 0. The van der Waals surface area contributed by atoms with Crippen LogP contribution in [0.3, 0.4) is 0 Å². The maximum absolute atomic E-state index is 13.4. The van der Waals surface area contributed by atoms with Crippen molar-refractivity contribution >= 4 is 18.1 Å². The zero-order valence-corrected chi connectivity index (χ0v) is 24.1. The zero-order valence-electron chi connectivity index (χ0n) is 24.1. The van der Waals surface area contributed by atoms with Crippen LogP contribution in [0.4, 0.5) is 0 Å². The summed E-state index contributed by atoms with van der Waals surface area (Å²) in [6.45, 7) is 21.0. The van der Waals surface area contributed by atoms with E-state index in [0.29, 0.717) is 23.8 Å². The van der Waals surface area contributed by atoms with Crippen molar-refractivity contribution in [1.82, 2.24) is 4.90 Å². The monoisotopic (exact) mass is 498 g/mol. The number of amides is 1. The molecule has 1 amide bonds. The van der Waals surface area contributed by atoms with Crippen molar-refractivity contribution in [2.75, 3.05) is 0 Å². The van der Waals surface area contributed by atoms with Gasteiger partial charge in [-0.3, -0.25) is 9.79 Å². The molecule has 1 aliphatic heterocycles. The van der Waals surface area contributed by atoms with Crippen molar-refractivity contribution in [3.05, 3.63) is 36.0 Å². The maximum atomic E-state index is 13.4. The highest BCUT2D eigenvalue weighted by Gasteiger charge is 2.48. The lowest BCUT2D eigenvalue weighted by atomic mass is 9.76. The molecular weight excluding hydrogens is 448 g/mol. The molecule has 3 unspecified atom stereocenters. The summed E-state index contributed by atoms with van der Waals surface area (Å²) in [6.07, 6.45) is 15.0. The van der Waals surface area contributed by atoms with Crippen molar-refractivity contribution in [2.24, 2.45) is 22.2 Å². The van der Waals surface area contributed by atoms with E-state index in [4.69, 9.17) is 9.73 Å². The molecule has 3 atom stereocenters. The molecule has 0 radical (unpaired) electrons. The van der Waals surface area contributed by atoms with Gasteiger partial charge in [0.25, 0.3) is 5.91 Å². The minimum atomic E-state index is -0.443. The van der Waals surface area contributed by atoms with Crippen LogP contribution >= 0.6 is 0 Å². The van der Waals surface area contributed by atoms with E-state index in [1.54, 1.807) is 12.3 Å². The van der Waals surface area contributed by atoms with Crippen LogP contribution in [0.25, 0.3) is 0 Å². The molecule has 2 rings (SSSR count). The summed E-state index contributed by atoms with van der Waals surface area (Å²) in [5.41, 5.74) is 1.35. The van der Waals surface area contributed by atoms with Crippen molar-refractivity contribution < 1.29 is 14.3 Å². The minimum Gasteiger partial charge on any atom is -0.459 e. The molecule has 0 aromatic carbocycles. The number of ether oxygens (including phenoxy) is 1. The van der Waals surface area contributed by atoms with Gasteiger partial charge in [0.15, 0.2) is 0 Å². The van der Waals surface area contributed by atoms with E-state index in [-0.39, 0.29) is 23.5 Å². The Labute approximate surface area is 220 Å². The summed E-state index contributed by atoms with van der Waals surface area (Å²) in [5.74, 6) is 0.819. The Bertz CT molecular complexity index is 875. The highest BCUT2D eigenvalue weighted by atomic mass is 16.5. The van der Waals surface area contributed by atoms with Crippen molar-refractivity contribution in [2.45, 2.75) is 125 Å². The minimum absolute atomic E-state index is 0.0147. The molecule has 2 aliphatic rings. The summed E-state index contributed by atoms with van der Waals surface area (Å²) in [7, 11) is 0. The van der Waals surface area contributed by atoms with E-state index in [1.807, 2.05) is 26.8 Å². The van der Waals surface area contributed by atoms with Gasteiger partial charge in [0.2, 0.25) is 0 Å². The SMILES string of the molecule is C=C(C=CC/C(=C\C)C(CCC(C)C)N1C(=O)C=NC12CCCC(C(C)(C)C)CC2)C(=O)OC(C)C. The Morgan fingerprint density at radius 3 is 2.50 bits per heavy atom. The molecule has 1 saturated carbocycles. The molecule has 1 spiro atoms. The molecule has 0 bridgehead atoms. The van der Waals surface area contributed by atoms with Gasteiger partial charge in [-0.25, -0.2) is 4.79 Å². The first-order valence-corrected chi connectivity index (χ1v) is 13.9. The van der Waals surface area contributed by atoms with Crippen molar-refractivity contribution in [1.29, 1.82) is 0 Å². The number of carbonyl (C=O) groups is 2. The highest BCUT2D eigenvalue weighted by Crippen LogP contribution is 2.45. The first-order chi connectivity index (χ1) is 16.8. The predicted octanol–water partition coefficient (Wildman–Crippen LogP) is 7.43. The molecular formula is C31H50N2O3. The van der Waals surface area contributed by atoms with E-state index < -0.39 is 11.6 Å². The van der Waals surface area contributed by atoms with Crippen LogP contribution in [0.5, 0.6) is 0 Å². The van der Waals surface area contributed by atoms with Crippen LogP contribution in [0, 0.1) is 17.3 Å². The molecule has 0 aromatic heterocycles. The summed E-state index contributed by atoms with van der Waals surface area (Å²) >= 11 is 0. The van der Waals surface area contributed by atoms with Crippen LogP contribution < -0.4 is 0 Å². The van der Waals surface area contributed by atoms with Crippen molar-refractivity contribution in [3.63, 3.8) is 0 Å². The molecule has 202 valence electrons. The third kappa shape index (κ3) is 7.91. The number of hydrogen-bond acceptors (Lipinski definition) is 4. The summed E-state index contributed by atoms with van der Waals surface area (Å²) < 4.78 is 5.25. The molecule has 5 nitrogen and oxygen atoms in total. The van der Waals surface area contributed by atoms with Gasteiger partial charge in [-0.2, -0.15) is 0 Å². The first kappa shape index (κ1) is 30.1. The Morgan fingerprint density at radius 1 is 1.22 bits per heavy atom. The lowest BCUT2D eigenvalue weighted by Crippen LogP contribution is -2.52. The Morgan fingerprint density at radius 2 is 1.92 bits per heavy atom. The number of allylic oxidation sites excluding steroid dienone is 2. The molecule has 1 fully saturated rings. The number of nitrogens with zero attached hydrogens (tertiary/aromatic N) is 2. The van der Waals surface area contributed by atoms with Gasteiger partial charge in [-0.1, -0.05) is 59.4 Å². The van der Waals surface area contributed by atoms with Crippen LogP contribution in [0.1, 0.15) is 107 Å². The molecule has 0 aromatic rings. The van der Waals surface area contributed by atoms with E-state index in [2.05, 4.69) is 52.2 Å². The predicted molar refractivity (Wildman–Crippen MR) is 150 cm³/mol. The molecule has 5 heteroatoms. The number of hydrogen-bond donors (Lipinski definition) is 0. The molecule has 36 heavy (non-hydrogen) atoms. The van der Waals surface area contributed by atoms with Crippen LogP contribution in [0.15, 0.2) is 40.9 Å². The normalized spacial score (nSPS) is 24.3. The third-order valence-corrected chi connectivity index (χ3v) is 7.75. The fraction of sp³-hybridized carbons (Fsp3) is 0.710. The number of aliphatic imine (C=N–C) groups is 1. The van der Waals surface area contributed by atoms with Gasteiger partial charge in [0.05, 0.1) is 23.9 Å². The topological polar surface area (TPSA) is 59.0 Å². The molecule has 0 saturated heterocycles. The van der Waals surface area contributed by atoms with Gasteiger partial charge in [0, 0.05) is 0 Å². The summed E-state index contributed by atoms with van der Waals surface area (Å²) in [4.78, 5) is 32.5. The lowest BCUT2D eigenvalue weighted by Gasteiger charge is -2.43. The number of rotatable bonds is 10. The molecule has 1 heterocycles. The van der Waals surface area contributed by atoms with Crippen LogP contribution in [-0.4, -0.2) is 40.8 Å². The average molecular weight is 499 g/mol. The number of carbonyl (C=O) groups excluding carboxylic acids is 2. The fourth-order valence-corrected chi connectivity index (χ4v) is 5.60. The second-order valence-electron chi connectivity index (χ2n) is 12.4. The Kier molecular flexibility index (Phi) is 10.7. The second-order valence-corrected chi connectivity index (χ2v) is 12.4. The smallest absolute Gasteiger partial charge is 0.337 e. The second kappa shape index (κ2) is 12.9. The van der Waals surface area contributed by atoms with E-state index in [1.165, 1.54) is 12.0 Å². The Hall–Kier alpha value is -2.17. The van der Waals surface area contributed by atoms with E-state index >= 15 is 0 Å². The lowest BCUT2D eigenvalue weighted by molar-refractivity contribution is -0.142. The molecule has 0 N–H and O–H groups in total. The fourth-order valence-electron chi connectivity index (χ4n) is 5.60. The molecule has 1 aliphatic carbocycles. The Balaban J connectivity index is 2.29. The number of esters is 1. The first-order valence-electron chi connectivity index (χ1n) is 13.9. The van der Waals surface area contributed by atoms with Crippen LogP contribution in [0.2, 0.25) is 0 Å². The standard InChI is InChI=1S/C31H50N2O3/c1-10-25(14-11-13-24(6)29(35)36-23(4)5)27(17-16-22(2)3)33-28(34)21-32-31(33)19-12-15-26(18-20-31)30(7,8)9/h10-11,13,21-23,26-27H,6,12,14-20H2,1-5,7-9H3/b13-11?,25-10+. The van der Waals surface area contributed by atoms with Gasteiger partial charge in [-0.05, 0) is 95.0 Å². The van der Waals surface area contributed by atoms with Crippen molar-refractivity contribution in [3.8, 4) is 0 Å². The van der Waals surface area contributed by atoms with E-state index in [9.17, 15) is 9.59 Å². The zero-order chi connectivity index (χ0) is 27.1. The maximum Gasteiger partial charge on any atom is 0.337 e. The van der Waals surface area contributed by atoms with Gasteiger partial charge < -0.3 is 9.64 Å².